The molecule has 9 heteroatoms. The van der Waals surface area contributed by atoms with Gasteiger partial charge in [-0.15, -0.1) is 23.6 Å². The minimum Gasteiger partial charge on any atom is -0.508 e. The van der Waals surface area contributed by atoms with Gasteiger partial charge in [-0.05, 0) is 89.9 Å². The Labute approximate surface area is 520 Å². The van der Waals surface area contributed by atoms with Crippen LogP contribution in [0.15, 0.2) is 218 Å². The van der Waals surface area contributed by atoms with Crippen molar-refractivity contribution in [1.29, 1.82) is 0 Å². The fourth-order valence-corrected chi connectivity index (χ4v) is 10.5. The monoisotopic (exact) mass is 1280 g/mol. The zero-order valence-corrected chi connectivity index (χ0v) is 50.1. The van der Waals surface area contributed by atoms with Crippen LogP contribution in [-0.4, -0.2) is 30.5 Å². The largest absolute Gasteiger partial charge is 2.00 e. The normalized spacial score (nSPS) is 14.1. The second-order valence-electron chi connectivity index (χ2n) is 23.7. The molecule has 9 aromatic carbocycles. The topological polar surface area (TPSA) is 71.7 Å². The van der Waals surface area contributed by atoms with Crippen molar-refractivity contribution in [2.75, 3.05) is 0 Å². The molecule has 84 heavy (non-hydrogen) atoms. The molecule has 0 radical (unpaired) electrons. The third-order valence-electron chi connectivity index (χ3n) is 15.0. The van der Waals surface area contributed by atoms with Gasteiger partial charge in [0, 0.05) is 46.5 Å². The van der Waals surface area contributed by atoms with Crippen LogP contribution in [-0.2, 0) is 37.3 Å². The molecule has 0 spiro atoms. The third kappa shape index (κ3) is 10.5. The van der Waals surface area contributed by atoms with Gasteiger partial charge < -0.3 is 9.30 Å². The van der Waals surface area contributed by atoms with Crippen LogP contribution in [0, 0.1) is 12.1 Å². The maximum Gasteiger partial charge on any atom is 2.00 e. The van der Waals surface area contributed by atoms with Gasteiger partial charge in [0.05, 0.1) is 24.8 Å². The first-order valence-electron chi connectivity index (χ1n) is 32.6. The van der Waals surface area contributed by atoms with Crippen LogP contribution < -0.4 is 13.9 Å². The number of hydrogen-bond acceptors (Lipinski definition) is 5. The number of nitrogens with zero attached hydrogens (tertiary/aromatic N) is 7. The van der Waals surface area contributed by atoms with Gasteiger partial charge in [-0.1, -0.05) is 230 Å². The summed E-state index contributed by atoms with van der Waals surface area (Å²) in [4.78, 5) is 20.5. The SMILES string of the molecule is [2H]c1c([2H])c([2H])c(-c2cc(C(C)(C)C)cc(-c3c([2H])c([2H])c([2H])c([2H])c3[2H])c2[N+]2=C=[N+](c3[c-]c(Oc4[c-]c5c(cc4-c4nc(-c6ccc(C(C)(C)C)cc6)nc(-c6ccc(C(C)(C)C)cc6)n4)c4ccccc4n5-c4ccccn4)ccc3)c3ccccc32)c([2H])c1[2H].[Pt+2]. The number of aromatic nitrogens is 5. The summed E-state index contributed by atoms with van der Waals surface area (Å²) in [6, 6.07) is 54.0. The molecule has 12 aromatic rings. The van der Waals surface area contributed by atoms with E-state index in [2.05, 4.69) is 90.0 Å². The van der Waals surface area contributed by atoms with Crippen LogP contribution in [0.25, 0.3) is 84.0 Å². The second kappa shape index (κ2) is 21.9. The quantitative estimate of drug-likeness (QED) is 0.101. The van der Waals surface area contributed by atoms with Crippen LogP contribution in [0.2, 0.25) is 0 Å². The van der Waals surface area contributed by atoms with Gasteiger partial charge in [0.15, 0.2) is 11.6 Å². The fraction of sp³-hybridized carbons (Fsp3) is 0.160. The molecule has 3 aromatic heterocycles. The van der Waals surface area contributed by atoms with Crippen molar-refractivity contribution in [2.24, 2.45) is 0 Å². The van der Waals surface area contributed by atoms with E-state index in [1.54, 1.807) is 33.5 Å². The molecule has 13 rings (SSSR count). The molecule has 0 saturated heterocycles. The van der Waals surface area contributed by atoms with Crippen molar-refractivity contribution in [3.63, 3.8) is 0 Å². The molecule has 1 aliphatic rings. The van der Waals surface area contributed by atoms with E-state index in [1.165, 1.54) is 0 Å². The maximum atomic E-state index is 9.39. The van der Waals surface area contributed by atoms with Gasteiger partial charge >= 0.3 is 27.1 Å². The Kier molecular flexibility index (Phi) is 11.5. The zero-order valence-electron chi connectivity index (χ0n) is 57.9. The Morgan fingerprint density at radius 3 is 1.58 bits per heavy atom. The van der Waals surface area contributed by atoms with E-state index in [4.69, 9.17) is 32.9 Å². The Morgan fingerprint density at radius 1 is 0.488 bits per heavy atom. The van der Waals surface area contributed by atoms with Gasteiger partial charge in [-0.3, -0.25) is 0 Å². The van der Waals surface area contributed by atoms with Crippen molar-refractivity contribution in [2.45, 2.75) is 78.6 Å². The Bertz CT molecular complexity index is 4940. The predicted molar refractivity (Wildman–Crippen MR) is 340 cm³/mol. The van der Waals surface area contributed by atoms with Crippen molar-refractivity contribution in [3.05, 3.63) is 247 Å². The van der Waals surface area contributed by atoms with Crippen LogP contribution >= 0.6 is 0 Å². The summed E-state index contributed by atoms with van der Waals surface area (Å²) in [6.07, 6.45) is 1.75. The number of fused-ring (bicyclic) bond motifs is 4. The molecular formula is C75H63N7OPt+2. The van der Waals surface area contributed by atoms with E-state index in [-0.39, 0.29) is 71.3 Å². The first-order valence-corrected chi connectivity index (χ1v) is 27.6. The average molecular weight is 1280 g/mol. The van der Waals surface area contributed by atoms with Crippen molar-refractivity contribution in [1.82, 2.24) is 33.7 Å². The summed E-state index contributed by atoms with van der Waals surface area (Å²) in [7, 11) is 0. The molecule has 0 N–H and O–H groups in total. The summed E-state index contributed by atoms with van der Waals surface area (Å²) < 4.78 is 103. The Morgan fingerprint density at radius 2 is 1.02 bits per heavy atom. The van der Waals surface area contributed by atoms with Crippen LogP contribution in [0.3, 0.4) is 0 Å². The standard InChI is InChI=1S/C75H63N7O.Pt/c1-73(2,3)53-38-34-51(35-39-53)70-77-71(52-36-40-54(41-37-52)74(4,5)6)79-72(78-70)62-46-61-58-29-16-17-30-63(58)82(68-33-20-21-42-76-68)66(61)47-67(62)83-57-28-22-27-56(45-57)80-48-81(65-32-19-18-31-64(65)80)69-59(49-23-12-10-13-24-49)43-55(75(7,8)9)44-60(69)50-25-14-11-15-26-50;/h10-44,46H,1-9H3;/q;+2/i10D,11D,12D,13D,14D,15D,23D,24D,25D,26D;. The molecule has 0 saturated carbocycles. The van der Waals surface area contributed by atoms with E-state index in [0.29, 0.717) is 57.0 Å². The third-order valence-corrected chi connectivity index (χ3v) is 15.0. The number of para-hydroxylation sites is 3. The first kappa shape index (κ1) is 44.4. The summed E-state index contributed by atoms with van der Waals surface area (Å²) in [5.74, 6) is 2.39. The van der Waals surface area contributed by atoms with Crippen LogP contribution in [0.4, 0.5) is 22.7 Å². The van der Waals surface area contributed by atoms with Gasteiger partial charge in [0.2, 0.25) is 5.69 Å². The molecule has 412 valence electrons. The molecule has 0 atom stereocenters. The van der Waals surface area contributed by atoms with Crippen molar-refractivity contribution < 1.29 is 39.5 Å². The van der Waals surface area contributed by atoms with Gasteiger partial charge in [-0.2, -0.15) is 6.07 Å². The molecule has 0 amide bonds. The number of benzene rings is 9. The Balaban J connectivity index is 0.00000848. The van der Waals surface area contributed by atoms with Crippen molar-refractivity contribution >= 4 is 50.6 Å². The maximum absolute atomic E-state index is 9.39. The fourth-order valence-electron chi connectivity index (χ4n) is 10.5. The molecule has 0 unspecified atom stereocenters. The summed E-state index contributed by atoms with van der Waals surface area (Å²) in [5.41, 5.74) is 7.26. The average Bonchev–Trinajstić information content (AvgIpc) is 1.60. The molecule has 0 fully saturated rings. The van der Waals surface area contributed by atoms with Crippen LogP contribution in [0.5, 0.6) is 11.5 Å². The summed E-state index contributed by atoms with van der Waals surface area (Å²) >= 11 is 0. The summed E-state index contributed by atoms with van der Waals surface area (Å²) in [6.45, 7) is 18.9. The molecule has 8 nitrogen and oxygen atoms in total. The number of hydrogen-bond donors (Lipinski definition) is 0. The zero-order chi connectivity index (χ0) is 65.9. The molecule has 1 aliphatic heterocycles. The van der Waals surface area contributed by atoms with E-state index in [9.17, 15) is 5.48 Å². The molecular weight excluding hydrogens is 1210 g/mol. The van der Waals surface area contributed by atoms with E-state index in [0.717, 1.165) is 38.5 Å². The Hall–Kier alpha value is -9.19. The number of rotatable bonds is 10. The first-order chi connectivity index (χ1) is 44.2. The van der Waals surface area contributed by atoms with E-state index >= 15 is 0 Å². The molecule has 0 aliphatic carbocycles. The van der Waals surface area contributed by atoms with E-state index < -0.39 is 65.8 Å². The van der Waals surface area contributed by atoms with Gasteiger partial charge in [-0.25, -0.2) is 19.9 Å². The number of pyridine rings is 1. The van der Waals surface area contributed by atoms with Crippen molar-refractivity contribution in [3.8, 4) is 73.7 Å². The van der Waals surface area contributed by atoms with Gasteiger partial charge in [0.25, 0.3) is 11.4 Å². The minimum atomic E-state index is -0.678. The van der Waals surface area contributed by atoms with Crippen LogP contribution in [0.1, 0.15) is 92.7 Å². The van der Waals surface area contributed by atoms with E-state index in [1.807, 2.05) is 128 Å². The molecule has 4 heterocycles. The van der Waals surface area contributed by atoms with Gasteiger partial charge in [0.1, 0.15) is 17.3 Å². The minimum absolute atomic E-state index is 0. The predicted octanol–water partition coefficient (Wildman–Crippen LogP) is 18.8. The molecule has 0 bridgehead atoms. The smallest absolute Gasteiger partial charge is 0.508 e. The number of ether oxygens (including phenoxy) is 1. The summed E-state index contributed by atoms with van der Waals surface area (Å²) in [5, 5.41) is 1.77. The second-order valence-corrected chi connectivity index (χ2v) is 23.7.